The van der Waals surface area contributed by atoms with Gasteiger partial charge in [0.05, 0.1) is 5.41 Å². The third-order valence-corrected chi connectivity index (χ3v) is 7.17. The molecule has 25 heavy (non-hydrogen) atoms. The number of thiocarbonyl (C=S) groups is 1. The number of amides is 1. The van der Waals surface area contributed by atoms with Crippen molar-refractivity contribution >= 4 is 44.9 Å². The number of hydrogen-bond acceptors (Lipinski definition) is 2. The average Bonchev–Trinajstić information content (AvgIpc) is 2.45. The van der Waals surface area contributed by atoms with E-state index in [2.05, 4.69) is 40.4 Å². The molecule has 1 aromatic carbocycles. The molecule has 1 aromatic rings. The molecule has 4 aliphatic carbocycles. The first-order chi connectivity index (χ1) is 11.7. The predicted molar refractivity (Wildman–Crippen MR) is 108 cm³/mol. The minimum atomic E-state index is -0.228. The molecule has 0 radical (unpaired) electrons. The third kappa shape index (κ3) is 3.25. The van der Waals surface area contributed by atoms with Crippen LogP contribution in [0.2, 0.25) is 0 Å². The Labute approximate surface area is 163 Å². The van der Waals surface area contributed by atoms with E-state index in [0.29, 0.717) is 21.9 Å². The van der Waals surface area contributed by atoms with Gasteiger partial charge in [-0.1, -0.05) is 29.8 Å². The van der Waals surface area contributed by atoms with Gasteiger partial charge < -0.3 is 10.6 Å². The molecule has 0 spiro atoms. The van der Waals surface area contributed by atoms with E-state index in [1.807, 2.05) is 24.3 Å². The van der Waals surface area contributed by atoms with Gasteiger partial charge in [-0.25, -0.2) is 0 Å². The van der Waals surface area contributed by atoms with Gasteiger partial charge in [0.1, 0.15) is 0 Å². The topological polar surface area (TPSA) is 41.1 Å². The first kappa shape index (κ1) is 17.5. The molecule has 0 heterocycles. The van der Waals surface area contributed by atoms with E-state index in [-0.39, 0.29) is 11.3 Å². The zero-order valence-corrected chi connectivity index (χ0v) is 17.2. The van der Waals surface area contributed by atoms with Gasteiger partial charge in [-0.15, -0.1) is 0 Å². The van der Waals surface area contributed by atoms with Gasteiger partial charge in [-0.05, 0) is 91.8 Å². The highest BCUT2D eigenvalue weighted by Gasteiger charge is 2.62. The number of benzene rings is 1. The molecule has 4 bridgehead atoms. The molecule has 3 nitrogen and oxygen atoms in total. The summed E-state index contributed by atoms with van der Waals surface area (Å²) in [4.78, 5) is 13.2. The van der Waals surface area contributed by atoms with Gasteiger partial charge in [0.15, 0.2) is 5.11 Å². The van der Waals surface area contributed by atoms with Crippen LogP contribution in [0.4, 0.5) is 5.69 Å². The van der Waals surface area contributed by atoms with Gasteiger partial charge >= 0.3 is 0 Å². The third-order valence-electron chi connectivity index (χ3n) is 6.44. The first-order valence-electron chi connectivity index (χ1n) is 9.08. The van der Waals surface area contributed by atoms with Crippen molar-refractivity contribution in [2.75, 3.05) is 5.32 Å². The Morgan fingerprint density at radius 2 is 1.68 bits per heavy atom. The lowest BCUT2D eigenvalue weighted by atomic mass is 9.40. The fourth-order valence-electron chi connectivity index (χ4n) is 6.63. The zero-order valence-electron chi connectivity index (χ0n) is 14.8. The van der Waals surface area contributed by atoms with Gasteiger partial charge in [0.2, 0.25) is 5.91 Å². The molecule has 4 aliphatic rings. The van der Waals surface area contributed by atoms with E-state index in [4.69, 9.17) is 12.2 Å². The van der Waals surface area contributed by atoms with E-state index in [1.54, 1.807) is 0 Å². The average molecular weight is 421 g/mol. The van der Waals surface area contributed by atoms with Crippen LogP contribution in [0, 0.1) is 22.2 Å². The van der Waals surface area contributed by atoms with Crippen LogP contribution in [-0.4, -0.2) is 11.0 Å². The smallest absolute Gasteiger partial charge is 0.232 e. The van der Waals surface area contributed by atoms with Crippen molar-refractivity contribution in [2.45, 2.75) is 52.4 Å². The van der Waals surface area contributed by atoms with Crippen molar-refractivity contribution in [1.29, 1.82) is 0 Å². The second-order valence-electron chi connectivity index (χ2n) is 9.33. The molecule has 1 amide bonds. The van der Waals surface area contributed by atoms with Crippen LogP contribution in [0.15, 0.2) is 28.7 Å². The molecular weight excluding hydrogens is 396 g/mol. The summed E-state index contributed by atoms with van der Waals surface area (Å²) in [5.41, 5.74) is 1.31. The Morgan fingerprint density at radius 1 is 1.08 bits per heavy atom. The summed E-state index contributed by atoms with van der Waals surface area (Å²) in [5.74, 6) is 0.827. The zero-order chi connectivity index (χ0) is 17.9. The molecule has 0 saturated heterocycles. The summed E-state index contributed by atoms with van der Waals surface area (Å²) in [6, 6.07) is 7.78. The van der Waals surface area contributed by atoms with E-state index < -0.39 is 0 Å². The Kier molecular flexibility index (Phi) is 4.04. The SMILES string of the molecule is CC12CC3CC(C)(C1)CC(C(=O)NC(=S)Nc1ccc(Br)cc1)(C3)C2. The number of rotatable bonds is 2. The Bertz CT molecular complexity index is 714. The van der Waals surface area contributed by atoms with Crippen molar-refractivity contribution < 1.29 is 4.79 Å². The maximum Gasteiger partial charge on any atom is 0.232 e. The molecule has 2 atom stereocenters. The summed E-state index contributed by atoms with van der Waals surface area (Å²) in [7, 11) is 0. The van der Waals surface area contributed by atoms with Gasteiger partial charge in [0.25, 0.3) is 0 Å². The molecule has 134 valence electrons. The lowest BCUT2D eigenvalue weighted by Gasteiger charge is -2.64. The highest BCUT2D eigenvalue weighted by Crippen LogP contribution is 2.69. The summed E-state index contributed by atoms with van der Waals surface area (Å²) < 4.78 is 1.02. The fourth-order valence-corrected chi connectivity index (χ4v) is 7.11. The number of halogens is 1. The second kappa shape index (κ2) is 5.78. The van der Waals surface area contributed by atoms with Crippen molar-refractivity contribution in [3.8, 4) is 0 Å². The van der Waals surface area contributed by atoms with Crippen LogP contribution < -0.4 is 10.6 Å². The van der Waals surface area contributed by atoms with E-state index in [1.165, 1.54) is 19.3 Å². The lowest BCUT2D eigenvalue weighted by Crippen LogP contribution is -2.60. The Hall–Kier alpha value is -0.940. The van der Waals surface area contributed by atoms with Crippen molar-refractivity contribution in [3.05, 3.63) is 28.7 Å². The lowest BCUT2D eigenvalue weighted by molar-refractivity contribution is -0.168. The van der Waals surface area contributed by atoms with Crippen molar-refractivity contribution in [2.24, 2.45) is 22.2 Å². The Balaban J connectivity index is 1.47. The largest absolute Gasteiger partial charge is 0.332 e. The number of nitrogens with one attached hydrogen (secondary N) is 2. The monoisotopic (exact) mass is 420 g/mol. The molecule has 0 aromatic heterocycles. The van der Waals surface area contributed by atoms with Crippen LogP contribution in [0.25, 0.3) is 0 Å². The van der Waals surface area contributed by atoms with Gasteiger partial charge in [-0.3, -0.25) is 4.79 Å². The van der Waals surface area contributed by atoms with Gasteiger partial charge in [0, 0.05) is 10.2 Å². The predicted octanol–water partition coefficient (Wildman–Crippen LogP) is 5.26. The standard InChI is InChI=1S/C20H25BrN2OS/c1-18-7-13-8-19(2,10-18)12-20(9-13,11-18)16(24)23-17(25)22-15-5-3-14(21)4-6-15/h3-6,13H,7-12H2,1-2H3,(H2,22,23,24,25). The molecule has 4 fully saturated rings. The van der Waals surface area contributed by atoms with Crippen LogP contribution in [0.1, 0.15) is 52.4 Å². The summed E-state index contributed by atoms with van der Waals surface area (Å²) in [6.45, 7) is 4.77. The fraction of sp³-hybridized carbons (Fsp3) is 0.600. The molecule has 5 heteroatoms. The van der Waals surface area contributed by atoms with E-state index >= 15 is 0 Å². The normalized spacial score (nSPS) is 38.4. The molecular formula is C20H25BrN2OS. The number of carbonyl (C=O) groups is 1. The number of anilines is 1. The second-order valence-corrected chi connectivity index (χ2v) is 10.6. The number of carbonyl (C=O) groups excluding carboxylic acids is 1. The summed E-state index contributed by atoms with van der Waals surface area (Å²) >= 11 is 8.82. The molecule has 5 rings (SSSR count). The molecule has 2 unspecified atom stereocenters. The maximum atomic E-state index is 13.2. The van der Waals surface area contributed by atoms with Crippen LogP contribution in [0.5, 0.6) is 0 Å². The maximum absolute atomic E-state index is 13.2. The highest BCUT2D eigenvalue weighted by atomic mass is 79.9. The van der Waals surface area contributed by atoms with Crippen molar-refractivity contribution in [3.63, 3.8) is 0 Å². The van der Waals surface area contributed by atoms with Crippen LogP contribution in [0.3, 0.4) is 0 Å². The van der Waals surface area contributed by atoms with Crippen molar-refractivity contribution in [1.82, 2.24) is 5.32 Å². The minimum Gasteiger partial charge on any atom is -0.332 e. The molecule has 2 N–H and O–H groups in total. The van der Waals surface area contributed by atoms with E-state index in [9.17, 15) is 4.79 Å². The van der Waals surface area contributed by atoms with E-state index in [0.717, 1.165) is 29.4 Å². The Morgan fingerprint density at radius 3 is 2.24 bits per heavy atom. The summed E-state index contributed by atoms with van der Waals surface area (Å²) in [6.07, 6.45) is 6.91. The molecule has 0 aliphatic heterocycles. The minimum absolute atomic E-state index is 0.128. The van der Waals surface area contributed by atoms with Gasteiger partial charge in [-0.2, -0.15) is 0 Å². The van der Waals surface area contributed by atoms with Crippen LogP contribution in [-0.2, 0) is 4.79 Å². The highest BCUT2D eigenvalue weighted by molar-refractivity contribution is 9.10. The number of hydrogen-bond donors (Lipinski definition) is 2. The quantitative estimate of drug-likeness (QED) is 0.641. The molecule has 4 saturated carbocycles. The summed E-state index contributed by atoms with van der Waals surface area (Å²) in [5, 5.41) is 6.54. The van der Waals surface area contributed by atoms with Crippen LogP contribution >= 0.6 is 28.1 Å². The first-order valence-corrected chi connectivity index (χ1v) is 10.3.